The molecule has 0 aliphatic heterocycles. The number of rotatable bonds is 4. The second-order valence-corrected chi connectivity index (χ2v) is 2.47. The van der Waals surface area contributed by atoms with Crippen LogP contribution in [0.15, 0.2) is 12.1 Å². The molecule has 0 unspecified atom stereocenters. The fourth-order valence-corrected chi connectivity index (χ4v) is 0.713. The lowest BCUT2D eigenvalue weighted by Crippen LogP contribution is -2.00. The van der Waals surface area contributed by atoms with Crippen molar-refractivity contribution in [2.24, 2.45) is 0 Å². The van der Waals surface area contributed by atoms with Crippen molar-refractivity contribution in [3.63, 3.8) is 0 Å². The lowest BCUT2D eigenvalue weighted by molar-refractivity contribution is 0.277. The van der Waals surface area contributed by atoms with Crippen LogP contribution >= 0.6 is 11.6 Å². The van der Waals surface area contributed by atoms with Gasteiger partial charge in [-0.15, -0.1) is 10.2 Å². The summed E-state index contributed by atoms with van der Waals surface area (Å²) in [5.41, 5.74) is 0. The van der Waals surface area contributed by atoms with Crippen molar-refractivity contribution in [3.8, 4) is 5.88 Å². The maximum atomic E-state index is 11.6. The molecule has 0 saturated carbocycles. The van der Waals surface area contributed by atoms with E-state index in [1.807, 2.05) is 0 Å². The highest BCUT2D eigenvalue weighted by Crippen LogP contribution is 2.08. The fraction of sp³-hybridized carbons (Fsp3) is 0.429. The molecule has 0 aromatic carbocycles. The molecule has 3 nitrogen and oxygen atoms in total. The van der Waals surface area contributed by atoms with Crippen LogP contribution in [0.25, 0.3) is 0 Å². The molecule has 1 heterocycles. The summed E-state index contributed by atoms with van der Waals surface area (Å²) in [6.45, 7) is -0.0756. The Bertz CT molecular complexity index is 229. The quantitative estimate of drug-likeness (QED) is 0.680. The molecule has 0 N–H and O–H groups in total. The van der Waals surface area contributed by atoms with Crippen molar-refractivity contribution in [1.82, 2.24) is 10.2 Å². The number of alkyl halides is 1. The number of aromatic nitrogens is 2. The first-order chi connectivity index (χ1) is 5.83. The lowest BCUT2D eigenvalue weighted by atomic mass is 10.5. The smallest absolute Gasteiger partial charge is 0.233 e. The normalized spacial score (nSPS) is 9.83. The van der Waals surface area contributed by atoms with Gasteiger partial charge in [0.1, 0.15) is 0 Å². The molecule has 0 radical (unpaired) electrons. The van der Waals surface area contributed by atoms with E-state index in [9.17, 15) is 4.39 Å². The highest BCUT2D eigenvalue weighted by atomic mass is 35.5. The average Bonchev–Trinajstić information content (AvgIpc) is 2.09. The van der Waals surface area contributed by atoms with E-state index in [-0.39, 0.29) is 6.67 Å². The zero-order valence-electron chi connectivity index (χ0n) is 6.33. The predicted molar refractivity (Wildman–Crippen MR) is 43.1 cm³/mol. The minimum absolute atomic E-state index is 0.312. The highest BCUT2D eigenvalue weighted by molar-refractivity contribution is 6.29. The third-order valence-corrected chi connectivity index (χ3v) is 1.34. The highest BCUT2D eigenvalue weighted by Gasteiger charge is 1.95. The largest absolute Gasteiger partial charge is 0.476 e. The maximum absolute atomic E-state index is 11.6. The minimum Gasteiger partial charge on any atom is -0.476 e. The summed E-state index contributed by atoms with van der Waals surface area (Å²) in [5, 5.41) is 7.49. The van der Waals surface area contributed by atoms with E-state index in [2.05, 4.69) is 10.2 Å². The molecule has 0 fully saturated rings. The standard InChI is InChI=1S/C7H8ClFN2O/c8-6-2-3-7(11-10-6)12-5-1-4-9/h2-3H,1,4-5H2. The zero-order valence-corrected chi connectivity index (χ0v) is 7.09. The molecular weight excluding hydrogens is 183 g/mol. The van der Waals surface area contributed by atoms with Gasteiger partial charge in [-0.1, -0.05) is 11.6 Å². The molecule has 0 aliphatic rings. The summed E-state index contributed by atoms with van der Waals surface area (Å²) >= 11 is 5.48. The van der Waals surface area contributed by atoms with Crippen molar-refractivity contribution >= 4 is 11.6 Å². The Balaban J connectivity index is 2.37. The van der Waals surface area contributed by atoms with E-state index < -0.39 is 0 Å². The Kier molecular flexibility index (Phi) is 3.73. The number of ether oxygens (including phenoxy) is 1. The van der Waals surface area contributed by atoms with Gasteiger partial charge < -0.3 is 4.74 Å². The molecule has 66 valence electrons. The van der Waals surface area contributed by atoms with Crippen LogP contribution in [0, 0.1) is 0 Å². The molecule has 0 bridgehead atoms. The van der Waals surface area contributed by atoms with Crippen LogP contribution in [-0.2, 0) is 0 Å². The van der Waals surface area contributed by atoms with E-state index in [1.165, 1.54) is 0 Å². The van der Waals surface area contributed by atoms with Gasteiger partial charge in [0, 0.05) is 12.5 Å². The number of halogens is 2. The van der Waals surface area contributed by atoms with Gasteiger partial charge in [0.2, 0.25) is 5.88 Å². The third-order valence-electron chi connectivity index (χ3n) is 1.14. The molecule has 5 heteroatoms. The molecule has 0 atom stereocenters. The molecule has 1 aromatic rings. The van der Waals surface area contributed by atoms with Crippen molar-refractivity contribution in [3.05, 3.63) is 17.3 Å². The molecule has 1 aromatic heterocycles. The molecular formula is C7H8ClFN2O. The van der Waals surface area contributed by atoms with Crippen LogP contribution in [0.2, 0.25) is 5.15 Å². The summed E-state index contributed by atoms with van der Waals surface area (Å²) in [4.78, 5) is 0. The summed E-state index contributed by atoms with van der Waals surface area (Å²) in [6.07, 6.45) is 0.365. The zero-order chi connectivity index (χ0) is 8.81. The van der Waals surface area contributed by atoms with E-state index in [0.29, 0.717) is 24.1 Å². The van der Waals surface area contributed by atoms with Gasteiger partial charge in [0.05, 0.1) is 13.3 Å². The number of hydrogen-bond donors (Lipinski definition) is 0. The monoisotopic (exact) mass is 190 g/mol. The summed E-state index contributed by atoms with van der Waals surface area (Å²) in [6, 6.07) is 3.16. The molecule has 0 saturated heterocycles. The van der Waals surface area contributed by atoms with Gasteiger partial charge in [-0.3, -0.25) is 4.39 Å². The van der Waals surface area contributed by atoms with Gasteiger partial charge >= 0.3 is 0 Å². The Morgan fingerprint density at radius 2 is 2.25 bits per heavy atom. The van der Waals surface area contributed by atoms with E-state index in [4.69, 9.17) is 16.3 Å². The molecule has 1 rings (SSSR count). The summed E-state index contributed by atoms with van der Waals surface area (Å²) in [7, 11) is 0. The molecule has 0 spiro atoms. The van der Waals surface area contributed by atoms with Crippen molar-refractivity contribution < 1.29 is 9.13 Å². The van der Waals surface area contributed by atoms with Gasteiger partial charge in [-0.2, -0.15) is 0 Å². The Hall–Kier alpha value is -0.900. The van der Waals surface area contributed by atoms with Crippen LogP contribution in [0.3, 0.4) is 0 Å². The van der Waals surface area contributed by atoms with Crippen LogP contribution < -0.4 is 4.74 Å². The summed E-state index contributed by atoms with van der Waals surface area (Å²) in [5.74, 6) is 0.368. The number of nitrogens with zero attached hydrogens (tertiary/aromatic N) is 2. The number of hydrogen-bond acceptors (Lipinski definition) is 3. The average molecular weight is 191 g/mol. The fourth-order valence-electron chi connectivity index (χ4n) is 0.612. The lowest BCUT2D eigenvalue weighted by Gasteiger charge is -2.01. The first-order valence-corrected chi connectivity index (χ1v) is 3.88. The van der Waals surface area contributed by atoms with E-state index in [1.54, 1.807) is 12.1 Å². The van der Waals surface area contributed by atoms with Crippen molar-refractivity contribution in [2.45, 2.75) is 6.42 Å². The van der Waals surface area contributed by atoms with Gasteiger partial charge in [0.25, 0.3) is 0 Å². The van der Waals surface area contributed by atoms with E-state index >= 15 is 0 Å². The SMILES string of the molecule is FCCCOc1ccc(Cl)nn1. The summed E-state index contributed by atoms with van der Waals surface area (Å²) < 4.78 is 16.7. The first-order valence-electron chi connectivity index (χ1n) is 3.51. The topological polar surface area (TPSA) is 35.0 Å². The Labute approximate surface area is 74.5 Å². The third kappa shape index (κ3) is 3.00. The Morgan fingerprint density at radius 3 is 2.83 bits per heavy atom. The minimum atomic E-state index is -0.388. The van der Waals surface area contributed by atoms with Gasteiger partial charge in [-0.05, 0) is 6.07 Å². The van der Waals surface area contributed by atoms with Crippen LogP contribution in [-0.4, -0.2) is 23.5 Å². The van der Waals surface area contributed by atoms with Crippen LogP contribution in [0.5, 0.6) is 5.88 Å². The first kappa shape index (κ1) is 9.19. The maximum Gasteiger partial charge on any atom is 0.233 e. The molecule has 12 heavy (non-hydrogen) atoms. The molecule has 0 amide bonds. The molecule has 0 aliphatic carbocycles. The second-order valence-electron chi connectivity index (χ2n) is 2.09. The van der Waals surface area contributed by atoms with Gasteiger partial charge in [-0.25, -0.2) is 0 Å². The van der Waals surface area contributed by atoms with E-state index in [0.717, 1.165) is 0 Å². The Morgan fingerprint density at radius 1 is 1.42 bits per heavy atom. The van der Waals surface area contributed by atoms with Gasteiger partial charge in [0.15, 0.2) is 5.15 Å². The van der Waals surface area contributed by atoms with Crippen molar-refractivity contribution in [1.29, 1.82) is 0 Å². The van der Waals surface area contributed by atoms with Crippen molar-refractivity contribution in [2.75, 3.05) is 13.3 Å². The predicted octanol–water partition coefficient (Wildman–Crippen LogP) is 1.87. The van der Waals surface area contributed by atoms with Crippen LogP contribution in [0.1, 0.15) is 6.42 Å². The van der Waals surface area contributed by atoms with Crippen LogP contribution in [0.4, 0.5) is 4.39 Å². The second kappa shape index (κ2) is 4.87.